The van der Waals surface area contributed by atoms with Gasteiger partial charge in [-0.2, -0.15) is 5.26 Å². The van der Waals surface area contributed by atoms with E-state index < -0.39 is 5.91 Å². The van der Waals surface area contributed by atoms with Crippen LogP contribution in [0.4, 0.5) is 11.4 Å². The molecule has 3 rings (SSSR count). The van der Waals surface area contributed by atoms with E-state index in [0.29, 0.717) is 36.7 Å². The molecular weight excluding hydrogens is 586 g/mol. The molecule has 0 bridgehead atoms. The largest absolute Gasteiger partial charge is 0.482 e. The van der Waals surface area contributed by atoms with Gasteiger partial charge in [0.05, 0.1) is 4.47 Å². The summed E-state index contributed by atoms with van der Waals surface area (Å²) in [7, 11) is 0. The highest BCUT2D eigenvalue weighted by atomic mass is 79.9. The van der Waals surface area contributed by atoms with Gasteiger partial charge in [0.15, 0.2) is 6.61 Å². The molecule has 6 nitrogen and oxygen atoms in total. The lowest BCUT2D eigenvalue weighted by atomic mass is 10.1. The van der Waals surface area contributed by atoms with Crippen LogP contribution in [0.3, 0.4) is 0 Å². The summed E-state index contributed by atoms with van der Waals surface area (Å²) in [6, 6.07) is 19.3. The van der Waals surface area contributed by atoms with Gasteiger partial charge in [-0.05, 0) is 71.4 Å². The third-order valence-electron chi connectivity index (χ3n) is 4.47. The number of nitrogens with one attached hydrogen (secondary N) is 2. The van der Waals surface area contributed by atoms with Crippen molar-refractivity contribution in [1.82, 2.24) is 0 Å². The summed E-state index contributed by atoms with van der Waals surface area (Å²) < 4.78 is 6.99. The third-order valence-corrected chi connectivity index (χ3v) is 5.75. The molecule has 0 unspecified atom stereocenters. The summed E-state index contributed by atoms with van der Waals surface area (Å²) in [6.07, 6.45) is 1.39. The highest BCUT2D eigenvalue weighted by molar-refractivity contribution is 9.11. The van der Waals surface area contributed by atoms with Gasteiger partial charge in [0.25, 0.3) is 11.8 Å². The maximum absolute atomic E-state index is 12.7. The minimum Gasteiger partial charge on any atom is -0.482 e. The fraction of sp³-hybridized carbons (Fsp3) is 0.0800. The van der Waals surface area contributed by atoms with Gasteiger partial charge in [0.2, 0.25) is 0 Å². The summed E-state index contributed by atoms with van der Waals surface area (Å²) in [5, 5.41) is 15.4. The first kappa shape index (κ1) is 25.5. The predicted molar refractivity (Wildman–Crippen MR) is 141 cm³/mol. The van der Waals surface area contributed by atoms with Crippen molar-refractivity contribution < 1.29 is 14.3 Å². The number of hydrogen-bond acceptors (Lipinski definition) is 4. The van der Waals surface area contributed by atoms with E-state index in [4.69, 9.17) is 16.3 Å². The fourth-order valence-corrected chi connectivity index (χ4v) is 4.44. The third kappa shape index (κ3) is 7.19. The lowest BCUT2D eigenvalue weighted by Gasteiger charge is -2.13. The minimum absolute atomic E-state index is 0.154. The molecule has 0 saturated heterocycles. The number of amides is 2. The average molecular weight is 604 g/mol. The molecule has 0 aromatic heterocycles. The van der Waals surface area contributed by atoms with E-state index in [0.717, 1.165) is 5.56 Å². The second-order valence-corrected chi connectivity index (χ2v) is 9.35. The van der Waals surface area contributed by atoms with Crippen LogP contribution >= 0.6 is 43.5 Å². The highest BCUT2D eigenvalue weighted by Crippen LogP contribution is 2.34. The number of aryl methyl sites for hydroxylation is 1. The van der Waals surface area contributed by atoms with Gasteiger partial charge in [0.1, 0.15) is 17.4 Å². The van der Waals surface area contributed by atoms with E-state index in [1.165, 1.54) is 6.08 Å². The Morgan fingerprint density at radius 2 is 1.79 bits per heavy atom. The van der Waals surface area contributed by atoms with Crippen LogP contribution in [0.25, 0.3) is 6.08 Å². The highest BCUT2D eigenvalue weighted by Gasteiger charge is 2.15. The van der Waals surface area contributed by atoms with Gasteiger partial charge in [-0.15, -0.1) is 0 Å². The van der Waals surface area contributed by atoms with Crippen molar-refractivity contribution in [3.8, 4) is 11.8 Å². The molecule has 2 amide bonds. The van der Waals surface area contributed by atoms with Gasteiger partial charge in [-0.3, -0.25) is 9.59 Å². The molecule has 3 aromatic carbocycles. The molecule has 34 heavy (non-hydrogen) atoms. The standard InChI is InChI=1S/C25H18Br2ClN3O3/c1-15-5-7-20(8-6-15)30-23(32)14-34-24-16(10-18(26)11-22(24)27)9-17(13-29)25(33)31-21-4-2-3-19(28)12-21/h2-12H,14H2,1H3,(H,30,32)(H,31,33)/b17-9-. The van der Waals surface area contributed by atoms with Crippen LogP contribution < -0.4 is 15.4 Å². The topological polar surface area (TPSA) is 91.2 Å². The molecule has 0 aliphatic carbocycles. The number of carbonyl (C=O) groups is 2. The molecule has 0 heterocycles. The van der Waals surface area contributed by atoms with E-state index in [1.54, 1.807) is 48.5 Å². The first-order valence-electron chi connectivity index (χ1n) is 9.92. The minimum atomic E-state index is -0.607. The normalized spacial score (nSPS) is 10.9. The Balaban J connectivity index is 1.79. The Morgan fingerprint density at radius 3 is 2.47 bits per heavy atom. The molecule has 2 N–H and O–H groups in total. The zero-order chi connectivity index (χ0) is 24.7. The van der Waals surface area contributed by atoms with E-state index in [1.807, 2.05) is 25.1 Å². The first-order chi connectivity index (χ1) is 16.2. The van der Waals surface area contributed by atoms with Crippen LogP contribution in [-0.2, 0) is 9.59 Å². The van der Waals surface area contributed by atoms with Crippen molar-refractivity contribution in [1.29, 1.82) is 5.26 Å². The van der Waals surface area contributed by atoms with Crippen LogP contribution in [0.2, 0.25) is 5.02 Å². The van der Waals surface area contributed by atoms with Crippen LogP contribution in [0.15, 0.2) is 75.2 Å². The average Bonchev–Trinajstić information content (AvgIpc) is 2.78. The molecule has 9 heteroatoms. The first-order valence-corrected chi connectivity index (χ1v) is 11.9. The van der Waals surface area contributed by atoms with Crippen molar-refractivity contribution in [3.05, 3.63) is 91.3 Å². The molecule has 0 aliphatic rings. The number of hydrogen-bond donors (Lipinski definition) is 2. The molecule has 0 atom stereocenters. The Morgan fingerprint density at radius 1 is 1.06 bits per heavy atom. The van der Waals surface area contributed by atoms with E-state index in [2.05, 4.69) is 42.5 Å². The van der Waals surface area contributed by atoms with Crippen molar-refractivity contribution in [3.63, 3.8) is 0 Å². The summed E-state index contributed by atoms with van der Waals surface area (Å²) in [4.78, 5) is 25.0. The summed E-state index contributed by atoms with van der Waals surface area (Å²) in [5.74, 6) is -0.651. The summed E-state index contributed by atoms with van der Waals surface area (Å²) >= 11 is 12.8. The zero-order valence-corrected chi connectivity index (χ0v) is 21.8. The van der Waals surface area contributed by atoms with Crippen LogP contribution in [0, 0.1) is 18.3 Å². The van der Waals surface area contributed by atoms with Gasteiger partial charge < -0.3 is 15.4 Å². The predicted octanol–water partition coefficient (Wildman–Crippen LogP) is 6.74. The van der Waals surface area contributed by atoms with Gasteiger partial charge >= 0.3 is 0 Å². The summed E-state index contributed by atoms with van der Waals surface area (Å²) in [6.45, 7) is 1.69. The second-order valence-electron chi connectivity index (χ2n) is 7.14. The van der Waals surface area contributed by atoms with Crippen LogP contribution in [0.5, 0.6) is 5.75 Å². The van der Waals surface area contributed by atoms with E-state index in [-0.39, 0.29) is 18.1 Å². The molecule has 0 saturated carbocycles. The number of ether oxygens (including phenoxy) is 1. The Labute approximate surface area is 218 Å². The quantitative estimate of drug-likeness (QED) is 0.231. The summed E-state index contributed by atoms with van der Waals surface area (Å²) in [5.41, 5.74) is 2.47. The molecule has 0 radical (unpaired) electrons. The smallest absolute Gasteiger partial charge is 0.266 e. The lowest BCUT2D eigenvalue weighted by Crippen LogP contribution is -2.20. The molecule has 172 valence electrons. The van der Waals surface area contributed by atoms with Crippen molar-refractivity contribution in [2.75, 3.05) is 17.2 Å². The van der Waals surface area contributed by atoms with Crippen LogP contribution in [0.1, 0.15) is 11.1 Å². The Hall–Kier alpha value is -3.12. The van der Waals surface area contributed by atoms with E-state index in [9.17, 15) is 14.9 Å². The number of benzene rings is 3. The molecular formula is C25H18Br2ClN3O3. The molecule has 0 spiro atoms. The number of nitrogens with zero attached hydrogens (tertiary/aromatic N) is 1. The van der Waals surface area contributed by atoms with Gasteiger partial charge in [-0.1, -0.05) is 51.3 Å². The van der Waals surface area contributed by atoms with Crippen molar-refractivity contribution in [2.45, 2.75) is 6.92 Å². The number of anilines is 2. The number of nitriles is 1. The Bertz CT molecular complexity index is 1300. The number of rotatable bonds is 7. The molecule has 0 fully saturated rings. The van der Waals surface area contributed by atoms with E-state index >= 15 is 0 Å². The van der Waals surface area contributed by atoms with Crippen molar-refractivity contribution >= 4 is 72.7 Å². The monoisotopic (exact) mass is 601 g/mol. The second kappa shape index (κ2) is 11.8. The maximum Gasteiger partial charge on any atom is 0.266 e. The maximum atomic E-state index is 12.7. The Kier molecular flexibility index (Phi) is 8.88. The van der Waals surface area contributed by atoms with Gasteiger partial charge in [0, 0.05) is 26.4 Å². The lowest BCUT2D eigenvalue weighted by molar-refractivity contribution is -0.118. The fourth-order valence-electron chi connectivity index (χ4n) is 2.88. The molecule has 0 aliphatic heterocycles. The number of halogens is 3. The zero-order valence-electron chi connectivity index (χ0n) is 17.9. The van der Waals surface area contributed by atoms with Crippen molar-refractivity contribution in [2.24, 2.45) is 0 Å². The van der Waals surface area contributed by atoms with Gasteiger partial charge in [-0.25, -0.2) is 0 Å². The number of carbonyl (C=O) groups excluding carboxylic acids is 2. The molecule has 3 aromatic rings. The SMILES string of the molecule is Cc1ccc(NC(=O)COc2c(Br)cc(Br)cc2/C=C(/C#N)C(=O)Nc2cccc(Cl)c2)cc1. The van der Waals surface area contributed by atoms with Crippen LogP contribution in [-0.4, -0.2) is 18.4 Å².